The van der Waals surface area contributed by atoms with Gasteiger partial charge in [-0.25, -0.2) is 0 Å². The van der Waals surface area contributed by atoms with Crippen LogP contribution in [0.3, 0.4) is 0 Å². The Kier molecular flexibility index (Phi) is 7.63. The summed E-state index contributed by atoms with van der Waals surface area (Å²) in [5, 5.41) is 13.2. The Morgan fingerprint density at radius 1 is 1.18 bits per heavy atom. The Hall–Kier alpha value is -2.89. The molecule has 0 saturated carbocycles. The molecule has 1 aliphatic heterocycles. The van der Waals surface area contributed by atoms with E-state index in [-0.39, 0.29) is 11.8 Å². The number of nitrogens with zero attached hydrogens (tertiary/aromatic N) is 3. The molecule has 2 aromatic rings. The van der Waals surface area contributed by atoms with E-state index in [9.17, 15) is 14.9 Å². The second kappa shape index (κ2) is 10.8. The van der Waals surface area contributed by atoms with Crippen LogP contribution in [0.4, 0.5) is 5.00 Å². The lowest BCUT2D eigenvalue weighted by Crippen LogP contribution is -2.49. The SMILES string of the molecule is COc1cccc(CC(=O)N2CCN(CCC(=O)Nc3sc4c(c3C#N)CCCC4)CC2)c1. The molecule has 1 aromatic heterocycles. The molecule has 1 saturated heterocycles. The number of nitrogens with one attached hydrogen (secondary N) is 1. The van der Waals surface area contributed by atoms with Crippen molar-refractivity contribution in [3.63, 3.8) is 0 Å². The standard InChI is InChI=1S/C25H30N4O3S/c1-32-19-6-4-5-18(15-19)16-24(31)29-13-11-28(12-14-29)10-9-23(30)27-25-21(17-26)20-7-2-3-8-22(20)33-25/h4-6,15H,2-3,7-14,16H2,1H3,(H,27,30). The number of carbonyl (C=O) groups excluding carboxylic acids is 2. The minimum Gasteiger partial charge on any atom is -0.497 e. The smallest absolute Gasteiger partial charge is 0.227 e. The molecule has 4 rings (SSSR count). The summed E-state index contributed by atoms with van der Waals surface area (Å²) in [5.74, 6) is 0.820. The van der Waals surface area contributed by atoms with Crippen molar-refractivity contribution in [1.82, 2.24) is 9.80 Å². The molecule has 1 aromatic carbocycles. The minimum absolute atomic E-state index is 0.0540. The number of nitriles is 1. The molecule has 2 aliphatic rings. The average Bonchev–Trinajstić information content (AvgIpc) is 3.20. The summed E-state index contributed by atoms with van der Waals surface area (Å²) in [6.07, 6.45) is 4.95. The summed E-state index contributed by atoms with van der Waals surface area (Å²) < 4.78 is 5.23. The predicted octanol–water partition coefficient (Wildman–Crippen LogP) is 3.22. The summed E-state index contributed by atoms with van der Waals surface area (Å²) in [5.41, 5.74) is 2.75. The number of aryl methyl sites for hydroxylation is 1. The molecule has 0 unspecified atom stereocenters. The van der Waals surface area contributed by atoms with E-state index in [1.807, 2.05) is 29.2 Å². The van der Waals surface area contributed by atoms with Gasteiger partial charge in [0, 0.05) is 44.0 Å². The molecule has 2 amide bonds. The fourth-order valence-electron chi connectivity index (χ4n) is 4.51. The number of hydrogen-bond acceptors (Lipinski definition) is 6. The zero-order valence-corrected chi connectivity index (χ0v) is 19.9. The molecule has 0 bridgehead atoms. The van der Waals surface area contributed by atoms with Crippen LogP contribution in [0.25, 0.3) is 0 Å². The van der Waals surface area contributed by atoms with Gasteiger partial charge < -0.3 is 15.0 Å². The van der Waals surface area contributed by atoms with E-state index >= 15 is 0 Å². The third-order valence-electron chi connectivity index (χ3n) is 6.41. The van der Waals surface area contributed by atoms with Gasteiger partial charge >= 0.3 is 0 Å². The fraction of sp³-hybridized carbons (Fsp3) is 0.480. The zero-order chi connectivity index (χ0) is 23.2. The third-order valence-corrected chi connectivity index (χ3v) is 7.61. The lowest BCUT2D eigenvalue weighted by atomic mass is 9.96. The third kappa shape index (κ3) is 5.73. The van der Waals surface area contributed by atoms with Crippen LogP contribution in [-0.2, 0) is 28.9 Å². The van der Waals surface area contributed by atoms with E-state index in [2.05, 4.69) is 16.3 Å². The highest BCUT2D eigenvalue weighted by atomic mass is 32.1. The molecule has 1 fully saturated rings. The molecular formula is C25H30N4O3S. The topological polar surface area (TPSA) is 85.7 Å². The number of piperazine rings is 1. The minimum atomic E-state index is -0.0540. The second-order valence-corrected chi connectivity index (χ2v) is 9.68. The van der Waals surface area contributed by atoms with Gasteiger partial charge in [-0.3, -0.25) is 14.5 Å². The van der Waals surface area contributed by atoms with E-state index < -0.39 is 0 Å². The number of methoxy groups -OCH3 is 1. The summed E-state index contributed by atoms with van der Waals surface area (Å²) >= 11 is 1.56. The average molecular weight is 467 g/mol. The van der Waals surface area contributed by atoms with E-state index in [1.165, 1.54) is 4.88 Å². The van der Waals surface area contributed by atoms with E-state index in [1.54, 1.807) is 18.4 Å². The first-order valence-electron chi connectivity index (χ1n) is 11.5. The number of hydrogen-bond donors (Lipinski definition) is 1. The van der Waals surface area contributed by atoms with Crippen LogP contribution in [0.5, 0.6) is 5.75 Å². The molecule has 1 N–H and O–H groups in total. The van der Waals surface area contributed by atoms with E-state index in [0.717, 1.165) is 55.6 Å². The summed E-state index contributed by atoms with van der Waals surface area (Å²) in [6, 6.07) is 9.90. The maximum absolute atomic E-state index is 12.7. The Bertz CT molecular complexity index is 1050. The Morgan fingerprint density at radius 3 is 2.73 bits per heavy atom. The highest BCUT2D eigenvalue weighted by Gasteiger charge is 2.24. The maximum atomic E-state index is 12.7. The van der Waals surface area contributed by atoms with E-state index in [0.29, 0.717) is 43.0 Å². The number of rotatable bonds is 7. The monoisotopic (exact) mass is 466 g/mol. The number of amides is 2. The van der Waals surface area contributed by atoms with Crippen LogP contribution < -0.4 is 10.1 Å². The molecule has 8 heteroatoms. The van der Waals surface area contributed by atoms with E-state index in [4.69, 9.17) is 4.74 Å². The Labute approximate surface area is 198 Å². The number of carbonyl (C=O) groups is 2. The predicted molar refractivity (Wildman–Crippen MR) is 129 cm³/mol. The van der Waals surface area contributed by atoms with Gasteiger partial charge in [-0.1, -0.05) is 12.1 Å². The van der Waals surface area contributed by atoms with Gasteiger partial charge in [0.2, 0.25) is 11.8 Å². The number of benzene rings is 1. The molecule has 0 radical (unpaired) electrons. The van der Waals surface area contributed by atoms with Crippen molar-refractivity contribution in [1.29, 1.82) is 5.26 Å². The fourth-order valence-corrected chi connectivity index (χ4v) is 5.77. The van der Waals surface area contributed by atoms with Crippen LogP contribution in [0.2, 0.25) is 0 Å². The second-order valence-electron chi connectivity index (χ2n) is 8.58. The van der Waals surface area contributed by atoms with Crippen molar-refractivity contribution in [2.24, 2.45) is 0 Å². The molecule has 174 valence electrons. The largest absolute Gasteiger partial charge is 0.497 e. The van der Waals surface area contributed by atoms with Gasteiger partial charge in [0.05, 0.1) is 19.1 Å². The van der Waals surface area contributed by atoms with Crippen LogP contribution in [0.1, 0.15) is 40.8 Å². The van der Waals surface area contributed by atoms with Crippen molar-refractivity contribution in [2.45, 2.75) is 38.5 Å². The quantitative estimate of drug-likeness (QED) is 0.677. The zero-order valence-electron chi connectivity index (χ0n) is 19.1. The van der Waals surface area contributed by atoms with Crippen molar-refractivity contribution in [3.05, 3.63) is 45.8 Å². The molecule has 7 nitrogen and oxygen atoms in total. The van der Waals surface area contributed by atoms with Crippen LogP contribution in [-0.4, -0.2) is 61.4 Å². The molecule has 0 spiro atoms. The molecule has 2 heterocycles. The van der Waals surface area contributed by atoms with Crippen molar-refractivity contribution in [3.8, 4) is 11.8 Å². The lowest BCUT2D eigenvalue weighted by Gasteiger charge is -2.34. The normalized spacial score (nSPS) is 16.1. The Morgan fingerprint density at radius 2 is 1.97 bits per heavy atom. The van der Waals surface area contributed by atoms with Gasteiger partial charge in [-0.15, -0.1) is 11.3 Å². The summed E-state index contributed by atoms with van der Waals surface area (Å²) in [4.78, 5) is 30.6. The van der Waals surface area contributed by atoms with Crippen LogP contribution in [0, 0.1) is 11.3 Å². The van der Waals surface area contributed by atoms with Crippen molar-refractivity contribution < 1.29 is 14.3 Å². The Balaban J connectivity index is 1.22. The van der Waals surface area contributed by atoms with Gasteiger partial charge in [0.1, 0.15) is 16.8 Å². The van der Waals surface area contributed by atoms with Crippen molar-refractivity contribution in [2.75, 3.05) is 45.2 Å². The van der Waals surface area contributed by atoms with Crippen LogP contribution in [0.15, 0.2) is 24.3 Å². The first kappa shape index (κ1) is 23.3. The molecule has 33 heavy (non-hydrogen) atoms. The first-order valence-corrected chi connectivity index (χ1v) is 12.4. The van der Waals surface area contributed by atoms with Gasteiger partial charge in [-0.05, 0) is 48.9 Å². The summed E-state index contributed by atoms with van der Waals surface area (Å²) in [6.45, 7) is 3.50. The highest BCUT2D eigenvalue weighted by molar-refractivity contribution is 7.16. The van der Waals surface area contributed by atoms with Gasteiger partial charge in [0.25, 0.3) is 0 Å². The molecule has 1 aliphatic carbocycles. The number of thiophene rings is 1. The van der Waals surface area contributed by atoms with Crippen LogP contribution >= 0.6 is 11.3 Å². The number of anilines is 1. The van der Waals surface area contributed by atoms with Gasteiger partial charge in [-0.2, -0.15) is 5.26 Å². The molecule has 0 atom stereocenters. The maximum Gasteiger partial charge on any atom is 0.227 e. The number of fused-ring (bicyclic) bond motifs is 1. The van der Waals surface area contributed by atoms with Crippen molar-refractivity contribution >= 4 is 28.2 Å². The first-order chi connectivity index (χ1) is 16.1. The number of ether oxygens (including phenoxy) is 1. The highest BCUT2D eigenvalue weighted by Crippen LogP contribution is 2.37. The summed E-state index contributed by atoms with van der Waals surface area (Å²) in [7, 11) is 1.62. The molecular weight excluding hydrogens is 436 g/mol. The lowest BCUT2D eigenvalue weighted by molar-refractivity contribution is -0.132. The van der Waals surface area contributed by atoms with Gasteiger partial charge in [0.15, 0.2) is 0 Å².